The molecule has 1 aromatic rings. The quantitative estimate of drug-likeness (QED) is 0.668. The minimum atomic E-state index is -1.21. The van der Waals surface area contributed by atoms with Gasteiger partial charge in [-0.15, -0.1) is 0 Å². The maximum absolute atomic E-state index is 10.3. The Morgan fingerprint density at radius 2 is 2.18 bits per heavy atom. The highest BCUT2D eigenvalue weighted by molar-refractivity contribution is 6.34. The van der Waals surface area contributed by atoms with Crippen molar-refractivity contribution in [3.63, 3.8) is 0 Å². The Morgan fingerprint density at radius 3 is 2.64 bits per heavy atom. The molecule has 1 heterocycles. The minimum absolute atomic E-state index is 0.187. The van der Waals surface area contributed by atoms with E-state index in [-0.39, 0.29) is 16.3 Å². The van der Waals surface area contributed by atoms with Crippen LogP contribution in [0.15, 0.2) is 12.4 Å². The number of carboxylic acid groups (broad SMARTS) is 1. The Hall–Kier alpha value is -1.29. The maximum atomic E-state index is 10.3. The van der Waals surface area contributed by atoms with Crippen molar-refractivity contribution in [1.82, 2.24) is 4.98 Å². The van der Waals surface area contributed by atoms with Gasteiger partial charge in [0.15, 0.2) is 5.75 Å². The van der Waals surface area contributed by atoms with E-state index in [0.717, 1.165) is 12.4 Å². The first-order valence-electron chi connectivity index (χ1n) is 2.68. The van der Waals surface area contributed by atoms with Gasteiger partial charge in [-0.2, -0.15) is 0 Å². The van der Waals surface area contributed by atoms with E-state index in [4.69, 9.17) is 21.8 Å². The lowest BCUT2D eigenvalue weighted by atomic mass is 10.3. The van der Waals surface area contributed by atoms with Crippen LogP contribution in [0.2, 0.25) is 5.02 Å². The molecular weight excluding hydrogens is 170 g/mol. The first-order chi connectivity index (χ1) is 5.13. The summed E-state index contributed by atoms with van der Waals surface area (Å²) in [5, 5.41) is 17.2. The first-order valence-corrected chi connectivity index (χ1v) is 3.06. The molecule has 0 fully saturated rings. The van der Waals surface area contributed by atoms with Crippen LogP contribution in [-0.4, -0.2) is 21.2 Å². The molecule has 11 heavy (non-hydrogen) atoms. The SMILES string of the molecule is O=C(O)c1cncc(O)c1Cl. The van der Waals surface area contributed by atoms with Crippen molar-refractivity contribution in [1.29, 1.82) is 0 Å². The number of nitrogens with zero attached hydrogens (tertiary/aromatic N) is 1. The number of hydrogen-bond donors (Lipinski definition) is 2. The Morgan fingerprint density at radius 1 is 1.55 bits per heavy atom. The summed E-state index contributed by atoms with van der Waals surface area (Å²) in [5.74, 6) is -1.54. The molecule has 0 radical (unpaired) electrons. The molecule has 0 unspecified atom stereocenters. The number of carbonyl (C=O) groups is 1. The Bertz CT molecular complexity index is 300. The second kappa shape index (κ2) is 2.75. The Kier molecular flexibility index (Phi) is 1.96. The monoisotopic (exact) mass is 173 g/mol. The van der Waals surface area contributed by atoms with Gasteiger partial charge in [0.1, 0.15) is 5.56 Å². The van der Waals surface area contributed by atoms with Crippen molar-refractivity contribution >= 4 is 17.6 Å². The van der Waals surface area contributed by atoms with Crippen LogP contribution in [0, 0.1) is 0 Å². The van der Waals surface area contributed by atoms with Crippen LogP contribution in [-0.2, 0) is 0 Å². The minimum Gasteiger partial charge on any atom is -0.505 e. The molecule has 0 spiro atoms. The van der Waals surface area contributed by atoms with Crippen molar-refractivity contribution in [2.75, 3.05) is 0 Å². The van der Waals surface area contributed by atoms with Gasteiger partial charge in [0, 0.05) is 6.20 Å². The smallest absolute Gasteiger partial charge is 0.338 e. The number of aromatic carboxylic acids is 1. The number of rotatable bonds is 1. The molecule has 0 amide bonds. The molecular formula is C6H4ClNO3. The summed E-state index contributed by atoms with van der Waals surface area (Å²) in [6.45, 7) is 0. The molecule has 0 saturated heterocycles. The summed E-state index contributed by atoms with van der Waals surface area (Å²) in [7, 11) is 0. The molecule has 1 aromatic heterocycles. The third-order valence-electron chi connectivity index (χ3n) is 1.09. The van der Waals surface area contributed by atoms with Crippen molar-refractivity contribution in [3.8, 4) is 5.75 Å². The van der Waals surface area contributed by atoms with Crippen molar-refractivity contribution in [3.05, 3.63) is 23.0 Å². The highest BCUT2D eigenvalue weighted by Crippen LogP contribution is 2.24. The normalized spacial score (nSPS) is 9.55. The fourth-order valence-electron chi connectivity index (χ4n) is 0.583. The van der Waals surface area contributed by atoms with Gasteiger partial charge < -0.3 is 10.2 Å². The van der Waals surface area contributed by atoms with Crippen LogP contribution < -0.4 is 0 Å². The fourth-order valence-corrected chi connectivity index (χ4v) is 0.761. The average molecular weight is 174 g/mol. The van der Waals surface area contributed by atoms with Gasteiger partial charge in [-0.25, -0.2) is 4.79 Å². The maximum Gasteiger partial charge on any atom is 0.338 e. The van der Waals surface area contributed by atoms with Crippen molar-refractivity contribution in [2.45, 2.75) is 0 Å². The van der Waals surface area contributed by atoms with E-state index in [1.165, 1.54) is 0 Å². The highest BCUT2D eigenvalue weighted by atomic mass is 35.5. The number of aromatic hydroxyl groups is 1. The van der Waals surface area contributed by atoms with Gasteiger partial charge in [0.05, 0.1) is 11.2 Å². The van der Waals surface area contributed by atoms with Gasteiger partial charge >= 0.3 is 5.97 Å². The Labute approximate surface area is 67.1 Å². The van der Waals surface area contributed by atoms with Crippen molar-refractivity contribution in [2.24, 2.45) is 0 Å². The van der Waals surface area contributed by atoms with E-state index in [1.807, 2.05) is 0 Å². The number of halogens is 1. The lowest BCUT2D eigenvalue weighted by Gasteiger charge is -1.97. The van der Waals surface area contributed by atoms with Crippen LogP contribution in [0.25, 0.3) is 0 Å². The van der Waals surface area contributed by atoms with Gasteiger partial charge in [-0.3, -0.25) is 4.98 Å². The summed E-state index contributed by atoms with van der Waals surface area (Å²) < 4.78 is 0. The molecule has 0 aliphatic rings. The molecule has 1 rings (SSSR count). The number of pyridine rings is 1. The van der Waals surface area contributed by atoms with Gasteiger partial charge in [0.25, 0.3) is 0 Å². The predicted molar refractivity (Wildman–Crippen MR) is 37.9 cm³/mol. The van der Waals surface area contributed by atoms with Gasteiger partial charge in [0.2, 0.25) is 0 Å². The van der Waals surface area contributed by atoms with Crippen LogP contribution in [0.3, 0.4) is 0 Å². The second-order valence-electron chi connectivity index (χ2n) is 1.83. The zero-order valence-corrected chi connectivity index (χ0v) is 6.04. The Balaban J connectivity index is 3.27. The van der Waals surface area contributed by atoms with E-state index in [1.54, 1.807) is 0 Å². The molecule has 0 saturated carbocycles. The van der Waals surface area contributed by atoms with Gasteiger partial charge in [-0.05, 0) is 0 Å². The van der Waals surface area contributed by atoms with E-state index < -0.39 is 5.97 Å². The average Bonchev–Trinajstić information content (AvgIpc) is 1.94. The van der Waals surface area contributed by atoms with Crippen LogP contribution in [0.1, 0.15) is 10.4 Å². The molecule has 5 heteroatoms. The zero-order chi connectivity index (χ0) is 8.43. The molecule has 2 N–H and O–H groups in total. The molecule has 0 bridgehead atoms. The van der Waals surface area contributed by atoms with E-state index >= 15 is 0 Å². The predicted octanol–water partition coefficient (Wildman–Crippen LogP) is 1.14. The topological polar surface area (TPSA) is 70.4 Å². The third kappa shape index (κ3) is 1.40. The van der Waals surface area contributed by atoms with Gasteiger partial charge in [-0.1, -0.05) is 11.6 Å². The molecule has 58 valence electrons. The largest absolute Gasteiger partial charge is 0.505 e. The molecule has 0 aromatic carbocycles. The molecule has 4 nitrogen and oxygen atoms in total. The fraction of sp³-hybridized carbons (Fsp3) is 0. The second-order valence-corrected chi connectivity index (χ2v) is 2.20. The molecule has 0 atom stereocenters. The zero-order valence-electron chi connectivity index (χ0n) is 5.28. The summed E-state index contributed by atoms with van der Waals surface area (Å²) in [6.07, 6.45) is 2.15. The molecule has 0 aliphatic heterocycles. The number of hydrogen-bond acceptors (Lipinski definition) is 3. The summed E-state index contributed by atoms with van der Waals surface area (Å²) in [4.78, 5) is 13.8. The lowest BCUT2D eigenvalue weighted by Crippen LogP contribution is -1.97. The summed E-state index contributed by atoms with van der Waals surface area (Å²) in [5.41, 5.74) is -0.202. The number of carboxylic acids is 1. The first kappa shape index (κ1) is 7.81. The van der Waals surface area contributed by atoms with Crippen molar-refractivity contribution < 1.29 is 15.0 Å². The highest BCUT2D eigenvalue weighted by Gasteiger charge is 2.11. The van der Waals surface area contributed by atoms with Crippen LogP contribution in [0.4, 0.5) is 0 Å². The van der Waals surface area contributed by atoms with Crippen LogP contribution in [0.5, 0.6) is 5.75 Å². The van der Waals surface area contributed by atoms with E-state index in [2.05, 4.69) is 4.98 Å². The number of aromatic nitrogens is 1. The van der Waals surface area contributed by atoms with E-state index in [0.29, 0.717) is 0 Å². The van der Waals surface area contributed by atoms with E-state index in [9.17, 15) is 4.79 Å². The summed E-state index contributed by atoms with van der Waals surface area (Å²) >= 11 is 5.42. The third-order valence-corrected chi connectivity index (χ3v) is 1.49. The molecule has 0 aliphatic carbocycles. The standard InChI is InChI=1S/C6H4ClNO3/c7-5-3(6(10)11)1-8-2-4(5)9/h1-2,9H,(H,10,11). The lowest BCUT2D eigenvalue weighted by molar-refractivity contribution is 0.0696. The van der Waals surface area contributed by atoms with Crippen LogP contribution >= 0.6 is 11.6 Å². The summed E-state index contributed by atoms with van der Waals surface area (Å²) in [6, 6.07) is 0.